The van der Waals surface area contributed by atoms with Gasteiger partial charge in [-0.1, -0.05) is 20.4 Å². The highest BCUT2D eigenvalue weighted by molar-refractivity contribution is 5.91. The van der Waals surface area contributed by atoms with Gasteiger partial charge in [-0.25, -0.2) is 4.79 Å². The summed E-state index contributed by atoms with van der Waals surface area (Å²) in [4.78, 5) is 11.7. The first-order chi connectivity index (χ1) is 8.89. The Bertz CT molecular complexity index is 487. The Hall–Kier alpha value is -0.870. The van der Waals surface area contributed by atoms with Crippen LogP contribution in [0.5, 0.6) is 0 Å². The topological polar surface area (TPSA) is 59.1 Å². The fourth-order valence-electron chi connectivity index (χ4n) is 4.84. The molecule has 0 bridgehead atoms. The van der Waals surface area contributed by atoms with E-state index >= 15 is 0 Å². The van der Waals surface area contributed by atoms with Gasteiger partial charge in [0.25, 0.3) is 0 Å². The number of epoxide rings is 1. The van der Waals surface area contributed by atoms with E-state index in [9.17, 15) is 9.90 Å². The van der Waals surface area contributed by atoms with Crippen molar-refractivity contribution in [2.75, 3.05) is 0 Å². The van der Waals surface area contributed by atoms with E-state index in [0.717, 1.165) is 12.8 Å². The highest BCUT2D eigenvalue weighted by Gasteiger charge is 2.76. The van der Waals surface area contributed by atoms with Gasteiger partial charge in [-0.3, -0.25) is 0 Å². The van der Waals surface area contributed by atoms with Crippen molar-refractivity contribution in [1.29, 1.82) is 0 Å². The molecule has 0 amide bonds. The number of hydrogen-bond acceptors (Lipinski definition) is 4. The third-order valence-corrected chi connectivity index (χ3v) is 6.30. The molecule has 4 heteroatoms. The summed E-state index contributed by atoms with van der Waals surface area (Å²) in [5, 5.41) is 10.1. The van der Waals surface area contributed by atoms with Gasteiger partial charge in [0.2, 0.25) is 0 Å². The van der Waals surface area contributed by atoms with Crippen LogP contribution >= 0.6 is 0 Å². The fourth-order valence-corrected chi connectivity index (χ4v) is 4.84. The smallest absolute Gasteiger partial charge is 0.334 e. The average molecular weight is 264 g/mol. The van der Waals surface area contributed by atoms with Crippen LogP contribution in [0.3, 0.4) is 0 Å². The van der Waals surface area contributed by atoms with E-state index in [0.29, 0.717) is 17.9 Å². The molecule has 4 fully saturated rings. The zero-order valence-electron chi connectivity index (χ0n) is 11.4. The summed E-state index contributed by atoms with van der Waals surface area (Å²) in [5.74, 6) is 0.260. The molecule has 1 spiro atoms. The predicted octanol–water partition coefficient (Wildman–Crippen LogP) is 1.42. The molecular weight excluding hydrogens is 244 g/mol. The molecule has 7 unspecified atom stereocenters. The maximum Gasteiger partial charge on any atom is 0.334 e. The number of esters is 1. The maximum absolute atomic E-state index is 11.7. The zero-order valence-corrected chi connectivity index (χ0v) is 11.4. The van der Waals surface area contributed by atoms with E-state index in [4.69, 9.17) is 9.47 Å². The molecule has 4 rings (SSSR count). The fraction of sp³-hybridized carbons (Fsp3) is 0.800. The van der Waals surface area contributed by atoms with Crippen molar-refractivity contribution in [3.05, 3.63) is 12.2 Å². The van der Waals surface area contributed by atoms with Crippen LogP contribution in [0.25, 0.3) is 0 Å². The Morgan fingerprint density at radius 1 is 1.42 bits per heavy atom. The molecule has 2 saturated heterocycles. The van der Waals surface area contributed by atoms with Crippen molar-refractivity contribution in [3.63, 3.8) is 0 Å². The summed E-state index contributed by atoms with van der Waals surface area (Å²) in [6.07, 6.45) is 1.83. The molecule has 104 valence electrons. The van der Waals surface area contributed by atoms with E-state index in [1.54, 1.807) is 0 Å². The Labute approximate surface area is 112 Å². The molecule has 4 aliphatic rings. The summed E-state index contributed by atoms with van der Waals surface area (Å²) in [6.45, 7) is 8.33. The summed E-state index contributed by atoms with van der Waals surface area (Å²) >= 11 is 0. The van der Waals surface area contributed by atoms with E-state index in [-0.39, 0.29) is 41.2 Å². The van der Waals surface area contributed by atoms with Crippen molar-refractivity contribution in [2.24, 2.45) is 17.3 Å². The molecule has 0 radical (unpaired) electrons. The minimum Gasteiger partial charge on any atom is -0.458 e. The van der Waals surface area contributed by atoms with Crippen molar-refractivity contribution < 1.29 is 19.4 Å². The van der Waals surface area contributed by atoms with Gasteiger partial charge in [-0.2, -0.15) is 0 Å². The van der Waals surface area contributed by atoms with Gasteiger partial charge in [0.05, 0.1) is 6.10 Å². The third kappa shape index (κ3) is 1.20. The van der Waals surface area contributed by atoms with Crippen LogP contribution in [0.2, 0.25) is 0 Å². The number of aliphatic hydroxyl groups is 1. The summed E-state index contributed by atoms with van der Waals surface area (Å²) in [5.41, 5.74) is 0.349. The van der Waals surface area contributed by atoms with E-state index in [1.165, 1.54) is 0 Å². The first-order valence-electron chi connectivity index (χ1n) is 7.15. The molecule has 2 heterocycles. The van der Waals surface area contributed by atoms with E-state index in [1.807, 2.05) is 0 Å². The lowest BCUT2D eigenvalue weighted by atomic mass is 9.52. The summed E-state index contributed by atoms with van der Waals surface area (Å²) < 4.78 is 11.4. The predicted molar refractivity (Wildman–Crippen MR) is 67.2 cm³/mol. The molecule has 19 heavy (non-hydrogen) atoms. The van der Waals surface area contributed by atoms with Gasteiger partial charge in [0, 0.05) is 23.3 Å². The number of aliphatic hydroxyl groups excluding tert-OH is 1. The van der Waals surface area contributed by atoms with Crippen molar-refractivity contribution in [1.82, 2.24) is 0 Å². The maximum atomic E-state index is 11.7. The van der Waals surface area contributed by atoms with Gasteiger partial charge in [-0.15, -0.1) is 0 Å². The Balaban J connectivity index is 1.73. The van der Waals surface area contributed by atoms with E-state index in [2.05, 4.69) is 20.4 Å². The number of hydrogen-bond donors (Lipinski definition) is 1. The minimum absolute atomic E-state index is 0.00891. The number of ether oxygens (including phenoxy) is 2. The second-order valence-electron chi connectivity index (χ2n) is 7.03. The molecule has 2 aliphatic carbocycles. The van der Waals surface area contributed by atoms with Crippen LogP contribution in [0.1, 0.15) is 33.1 Å². The number of carbonyl (C=O) groups is 1. The Morgan fingerprint density at radius 3 is 2.89 bits per heavy atom. The second kappa shape index (κ2) is 3.23. The van der Waals surface area contributed by atoms with Crippen molar-refractivity contribution >= 4 is 5.97 Å². The highest BCUT2D eigenvalue weighted by atomic mass is 16.6. The van der Waals surface area contributed by atoms with Crippen LogP contribution < -0.4 is 0 Å². The van der Waals surface area contributed by atoms with E-state index < -0.39 is 0 Å². The quantitative estimate of drug-likeness (QED) is 0.408. The average Bonchev–Trinajstić information content (AvgIpc) is 3.01. The zero-order chi connectivity index (χ0) is 13.6. The molecule has 1 N–H and O–H groups in total. The molecule has 4 nitrogen and oxygen atoms in total. The van der Waals surface area contributed by atoms with Crippen LogP contribution in [-0.4, -0.2) is 35.0 Å². The highest BCUT2D eigenvalue weighted by Crippen LogP contribution is 2.68. The number of rotatable bonds is 0. The van der Waals surface area contributed by atoms with Gasteiger partial charge in [0.15, 0.2) is 0 Å². The van der Waals surface area contributed by atoms with Crippen molar-refractivity contribution in [2.45, 2.75) is 57.0 Å². The van der Waals surface area contributed by atoms with Crippen LogP contribution in [0, 0.1) is 17.3 Å². The van der Waals surface area contributed by atoms with Crippen LogP contribution in [-0.2, 0) is 14.3 Å². The lowest BCUT2D eigenvalue weighted by Crippen LogP contribution is -2.56. The van der Waals surface area contributed by atoms with Gasteiger partial charge in [-0.05, 0) is 18.8 Å². The molecule has 2 aliphatic heterocycles. The standard InChI is InChI=1S/C15H20O4/c1-7-4-10(16)12-15(19-12)6-11-9(5-14(7,15)3)8(2)13(17)18-11/h7,9-12,16H,2,4-6H2,1,3H3. The largest absolute Gasteiger partial charge is 0.458 e. The third-order valence-electron chi connectivity index (χ3n) is 6.30. The first-order valence-corrected chi connectivity index (χ1v) is 7.15. The molecule has 0 aromatic heterocycles. The molecular formula is C15H20O4. The van der Waals surface area contributed by atoms with Crippen molar-refractivity contribution in [3.8, 4) is 0 Å². The number of fused-ring (bicyclic) bond motifs is 1. The Morgan fingerprint density at radius 2 is 2.16 bits per heavy atom. The lowest BCUT2D eigenvalue weighted by molar-refractivity contribution is -0.143. The van der Waals surface area contributed by atoms with Crippen LogP contribution in [0.4, 0.5) is 0 Å². The van der Waals surface area contributed by atoms with Crippen LogP contribution in [0.15, 0.2) is 12.2 Å². The molecule has 0 aromatic rings. The monoisotopic (exact) mass is 264 g/mol. The van der Waals surface area contributed by atoms with Gasteiger partial charge in [0.1, 0.15) is 17.8 Å². The second-order valence-corrected chi connectivity index (χ2v) is 7.03. The molecule has 2 saturated carbocycles. The molecule has 7 atom stereocenters. The summed E-state index contributed by atoms with van der Waals surface area (Å²) in [6, 6.07) is 0. The first kappa shape index (κ1) is 11.9. The van der Waals surface area contributed by atoms with Gasteiger partial charge >= 0.3 is 5.97 Å². The Kier molecular flexibility index (Phi) is 2.03. The SMILES string of the molecule is C=C1C(=O)OC2CC34OC3C(O)CC(C)C4(C)CC12. The lowest BCUT2D eigenvalue weighted by Gasteiger charge is -2.51. The minimum atomic E-state index is -0.375. The summed E-state index contributed by atoms with van der Waals surface area (Å²) in [7, 11) is 0. The van der Waals surface area contributed by atoms with Gasteiger partial charge < -0.3 is 14.6 Å². The molecule has 0 aromatic carbocycles. The number of carbonyl (C=O) groups excluding carboxylic acids is 1. The normalized spacial score (nSPS) is 59.0.